The van der Waals surface area contributed by atoms with Crippen LogP contribution in [0, 0.1) is 18.6 Å². The van der Waals surface area contributed by atoms with E-state index in [9.17, 15) is 13.6 Å². The molecule has 0 spiro atoms. The van der Waals surface area contributed by atoms with Crippen LogP contribution >= 0.6 is 0 Å². The fourth-order valence-corrected chi connectivity index (χ4v) is 2.17. The second-order valence-electron chi connectivity index (χ2n) is 4.83. The van der Waals surface area contributed by atoms with Gasteiger partial charge in [-0.2, -0.15) is 0 Å². The molecule has 0 atom stereocenters. The molecular formula is C15H12F2N4O. The molecule has 0 bridgehead atoms. The van der Waals surface area contributed by atoms with Crippen LogP contribution in [-0.4, -0.2) is 27.3 Å². The molecule has 0 aliphatic heterocycles. The number of hydrogen-bond acceptors (Lipinski definition) is 3. The first-order chi connectivity index (χ1) is 10.5. The van der Waals surface area contributed by atoms with E-state index in [4.69, 9.17) is 0 Å². The van der Waals surface area contributed by atoms with Gasteiger partial charge in [0.2, 0.25) is 0 Å². The van der Waals surface area contributed by atoms with Crippen molar-refractivity contribution in [3.8, 4) is 0 Å². The normalized spacial score (nSPS) is 10.9. The first kappa shape index (κ1) is 14.1. The van der Waals surface area contributed by atoms with Crippen LogP contribution in [0.25, 0.3) is 5.65 Å². The number of benzene rings is 1. The number of carbonyl (C=O) groups excluding carboxylic acids is 1. The fourth-order valence-electron chi connectivity index (χ4n) is 2.17. The SMILES string of the molecule is Cc1nc(C(=O)N(C)c2ccc(F)c(F)c2)cn2ccnc12. The average molecular weight is 302 g/mol. The van der Waals surface area contributed by atoms with Crippen LogP contribution in [0.4, 0.5) is 14.5 Å². The Bertz CT molecular complexity index is 875. The second kappa shape index (κ2) is 5.18. The number of rotatable bonds is 2. The number of imidazole rings is 1. The van der Waals surface area contributed by atoms with E-state index in [1.54, 1.807) is 29.9 Å². The lowest BCUT2D eigenvalue weighted by Crippen LogP contribution is -2.27. The highest BCUT2D eigenvalue weighted by molar-refractivity contribution is 6.04. The van der Waals surface area contributed by atoms with Gasteiger partial charge >= 0.3 is 0 Å². The molecule has 7 heteroatoms. The first-order valence-corrected chi connectivity index (χ1v) is 6.51. The molecule has 3 aromatic rings. The van der Waals surface area contributed by atoms with Gasteiger partial charge in [-0.1, -0.05) is 0 Å². The number of aryl methyl sites for hydroxylation is 1. The lowest BCUT2D eigenvalue weighted by Gasteiger charge is -2.17. The van der Waals surface area contributed by atoms with Crippen LogP contribution in [0.15, 0.2) is 36.8 Å². The maximum Gasteiger partial charge on any atom is 0.278 e. The quantitative estimate of drug-likeness (QED) is 0.731. The number of fused-ring (bicyclic) bond motifs is 1. The lowest BCUT2D eigenvalue weighted by molar-refractivity contribution is 0.0987. The van der Waals surface area contributed by atoms with E-state index in [0.29, 0.717) is 11.3 Å². The van der Waals surface area contributed by atoms with Crippen LogP contribution < -0.4 is 4.90 Å². The number of anilines is 1. The summed E-state index contributed by atoms with van der Waals surface area (Å²) in [5.41, 5.74) is 1.70. The molecule has 0 aliphatic carbocycles. The van der Waals surface area contributed by atoms with Gasteiger partial charge in [-0.25, -0.2) is 18.7 Å². The lowest BCUT2D eigenvalue weighted by atomic mass is 10.2. The molecule has 1 amide bonds. The molecule has 2 heterocycles. The average Bonchev–Trinajstić information content (AvgIpc) is 2.97. The van der Waals surface area contributed by atoms with Crippen molar-refractivity contribution in [2.75, 3.05) is 11.9 Å². The Morgan fingerprint density at radius 1 is 1.27 bits per heavy atom. The molecule has 0 fully saturated rings. The van der Waals surface area contributed by atoms with Crippen molar-refractivity contribution in [2.24, 2.45) is 0 Å². The molecule has 0 radical (unpaired) electrons. The molecule has 22 heavy (non-hydrogen) atoms. The monoisotopic (exact) mass is 302 g/mol. The molecule has 112 valence electrons. The van der Waals surface area contributed by atoms with Gasteiger partial charge in [-0.3, -0.25) is 4.79 Å². The predicted molar refractivity (Wildman–Crippen MR) is 76.8 cm³/mol. The maximum atomic E-state index is 13.3. The van der Waals surface area contributed by atoms with Crippen molar-refractivity contribution >= 4 is 17.2 Å². The minimum Gasteiger partial charge on any atom is -0.310 e. The number of carbonyl (C=O) groups is 1. The van der Waals surface area contributed by atoms with Crippen molar-refractivity contribution < 1.29 is 13.6 Å². The Hall–Kier alpha value is -2.83. The Kier molecular flexibility index (Phi) is 3.32. The molecule has 0 saturated heterocycles. The smallest absolute Gasteiger partial charge is 0.278 e. The van der Waals surface area contributed by atoms with Crippen molar-refractivity contribution in [1.82, 2.24) is 14.4 Å². The van der Waals surface area contributed by atoms with Gasteiger partial charge in [-0.15, -0.1) is 0 Å². The standard InChI is InChI=1S/C15H12F2N4O/c1-9-14-18-5-6-21(14)8-13(19-9)15(22)20(2)10-3-4-11(16)12(17)7-10/h3-8H,1-2H3. The molecule has 2 aromatic heterocycles. The molecule has 0 N–H and O–H groups in total. The van der Waals surface area contributed by atoms with Crippen LogP contribution in [0.3, 0.4) is 0 Å². The molecule has 0 unspecified atom stereocenters. The molecule has 0 saturated carbocycles. The zero-order valence-electron chi connectivity index (χ0n) is 11.9. The van der Waals surface area contributed by atoms with Gasteiger partial charge < -0.3 is 9.30 Å². The largest absolute Gasteiger partial charge is 0.310 e. The van der Waals surface area contributed by atoms with E-state index in [1.807, 2.05) is 0 Å². The Morgan fingerprint density at radius 3 is 2.77 bits per heavy atom. The first-order valence-electron chi connectivity index (χ1n) is 6.51. The molecule has 1 aromatic carbocycles. The highest BCUT2D eigenvalue weighted by Crippen LogP contribution is 2.19. The summed E-state index contributed by atoms with van der Waals surface area (Å²) in [7, 11) is 1.48. The van der Waals surface area contributed by atoms with Gasteiger partial charge in [-0.05, 0) is 19.1 Å². The summed E-state index contributed by atoms with van der Waals surface area (Å²) in [6.07, 6.45) is 4.86. The van der Waals surface area contributed by atoms with E-state index in [-0.39, 0.29) is 11.4 Å². The van der Waals surface area contributed by atoms with E-state index < -0.39 is 17.5 Å². The summed E-state index contributed by atoms with van der Waals surface area (Å²) >= 11 is 0. The summed E-state index contributed by atoms with van der Waals surface area (Å²) in [6, 6.07) is 3.28. The Balaban J connectivity index is 1.98. The van der Waals surface area contributed by atoms with Gasteiger partial charge in [0.1, 0.15) is 5.69 Å². The summed E-state index contributed by atoms with van der Waals surface area (Å²) < 4.78 is 28.0. The van der Waals surface area contributed by atoms with E-state index in [2.05, 4.69) is 9.97 Å². The van der Waals surface area contributed by atoms with Crippen LogP contribution in [-0.2, 0) is 0 Å². The van der Waals surface area contributed by atoms with Gasteiger partial charge in [0.05, 0.1) is 5.69 Å². The van der Waals surface area contributed by atoms with E-state index in [1.165, 1.54) is 18.0 Å². The number of aromatic nitrogens is 3. The van der Waals surface area contributed by atoms with Crippen LogP contribution in [0.1, 0.15) is 16.2 Å². The maximum absolute atomic E-state index is 13.3. The third-order valence-electron chi connectivity index (χ3n) is 3.36. The van der Waals surface area contributed by atoms with E-state index in [0.717, 1.165) is 12.1 Å². The van der Waals surface area contributed by atoms with Gasteiger partial charge in [0.15, 0.2) is 17.3 Å². The van der Waals surface area contributed by atoms with Crippen LogP contribution in [0.5, 0.6) is 0 Å². The molecule has 3 rings (SSSR count). The molecule has 5 nitrogen and oxygen atoms in total. The summed E-state index contributed by atoms with van der Waals surface area (Å²) in [4.78, 5) is 22.0. The molecular weight excluding hydrogens is 290 g/mol. The zero-order valence-corrected chi connectivity index (χ0v) is 11.9. The number of nitrogens with zero attached hydrogens (tertiary/aromatic N) is 4. The molecule has 0 aliphatic rings. The van der Waals surface area contributed by atoms with Crippen molar-refractivity contribution in [3.63, 3.8) is 0 Å². The minimum absolute atomic E-state index is 0.190. The zero-order chi connectivity index (χ0) is 15.9. The van der Waals surface area contributed by atoms with Crippen LogP contribution in [0.2, 0.25) is 0 Å². The third kappa shape index (κ3) is 2.30. The Morgan fingerprint density at radius 2 is 2.05 bits per heavy atom. The summed E-state index contributed by atoms with van der Waals surface area (Å²) in [5, 5.41) is 0. The summed E-state index contributed by atoms with van der Waals surface area (Å²) in [6.45, 7) is 1.75. The Labute approximate surface area is 124 Å². The minimum atomic E-state index is -1.01. The highest BCUT2D eigenvalue weighted by atomic mass is 19.2. The topological polar surface area (TPSA) is 50.5 Å². The predicted octanol–water partition coefficient (Wildman–Crippen LogP) is 2.59. The van der Waals surface area contributed by atoms with Crippen molar-refractivity contribution in [2.45, 2.75) is 6.92 Å². The summed E-state index contributed by atoms with van der Waals surface area (Å²) in [5.74, 6) is -2.39. The van der Waals surface area contributed by atoms with Crippen molar-refractivity contribution in [3.05, 3.63) is 59.8 Å². The van der Waals surface area contributed by atoms with Crippen molar-refractivity contribution in [1.29, 1.82) is 0 Å². The number of hydrogen-bond donors (Lipinski definition) is 0. The second-order valence-corrected chi connectivity index (χ2v) is 4.83. The third-order valence-corrected chi connectivity index (χ3v) is 3.36. The highest BCUT2D eigenvalue weighted by Gasteiger charge is 2.18. The van der Waals surface area contributed by atoms with Gasteiger partial charge in [0, 0.05) is 37.4 Å². The fraction of sp³-hybridized carbons (Fsp3) is 0.133. The van der Waals surface area contributed by atoms with Gasteiger partial charge in [0.25, 0.3) is 5.91 Å². The number of amides is 1. The number of halogens is 2. The van der Waals surface area contributed by atoms with E-state index >= 15 is 0 Å².